The van der Waals surface area contributed by atoms with Crippen LogP contribution in [0.2, 0.25) is 0 Å². The van der Waals surface area contributed by atoms with E-state index in [9.17, 15) is 39.0 Å². The largest absolute Gasteiger partial charge is 0.508 e. The lowest BCUT2D eigenvalue weighted by atomic mass is 10.0. The molecule has 1 aliphatic heterocycles. The molecule has 1 aliphatic rings. The predicted octanol–water partition coefficient (Wildman–Crippen LogP) is -1.44. The highest BCUT2D eigenvalue weighted by Gasteiger charge is 2.29. The van der Waals surface area contributed by atoms with Crippen LogP contribution < -0.4 is 26.6 Å². The standard InChI is InChI=1S/C25H27N5O8/c31-17-6-4-14(5-7-17)9-18-25(38)30-19(10-22(34)35)24(37)28-12-20(32)26-11-15-2-1-3-16(8-15)23(36)27-13-21(33)29-18/h1-8,18-19,31H,9-13H2,(H,26,32)(H,27,36)(H,28,37)(H,29,33)(H,30,38)(H,34,35)/t18-,19-/m0/s1. The number of amides is 5. The molecule has 0 saturated carbocycles. The fraction of sp³-hybridized carbons (Fsp3) is 0.280. The second kappa shape index (κ2) is 12.9. The molecule has 0 aliphatic carbocycles. The van der Waals surface area contributed by atoms with Crippen LogP contribution in [0.15, 0.2) is 48.5 Å². The lowest BCUT2D eigenvalue weighted by molar-refractivity contribution is -0.141. The fourth-order valence-corrected chi connectivity index (χ4v) is 3.62. The Bertz CT molecular complexity index is 1230. The number of carbonyl (C=O) groups excluding carboxylic acids is 5. The number of aliphatic carboxylic acids is 1. The van der Waals surface area contributed by atoms with Gasteiger partial charge in [-0.25, -0.2) is 0 Å². The lowest BCUT2D eigenvalue weighted by Crippen LogP contribution is -2.56. The zero-order valence-corrected chi connectivity index (χ0v) is 20.2. The molecular weight excluding hydrogens is 498 g/mol. The van der Waals surface area contributed by atoms with Crippen molar-refractivity contribution < 1.29 is 39.0 Å². The van der Waals surface area contributed by atoms with Gasteiger partial charge in [-0.05, 0) is 35.4 Å². The van der Waals surface area contributed by atoms with Crippen LogP contribution in [-0.4, -0.2) is 70.9 Å². The van der Waals surface area contributed by atoms with Gasteiger partial charge in [0, 0.05) is 18.5 Å². The smallest absolute Gasteiger partial charge is 0.305 e. The second-order valence-electron chi connectivity index (χ2n) is 8.53. The molecule has 200 valence electrons. The average molecular weight is 526 g/mol. The Morgan fingerprint density at radius 3 is 2.21 bits per heavy atom. The summed E-state index contributed by atoms with van der Waals surface area (Å²) in [5, 5.41) is 30.9. The molecule has 1 heterocycles. The van der Waals surface area contributed by atoms with Gasteiger partial charge in [0.1, 0.15) is 17.8 Å². The molecule has 0 spiro atoms. The van der Waals surface area contributed by atoms with E-state index in [1.807, 2.05) is 0 Å². The summed E-state index contributed by atoms with van der Waals surface area (Å²) in [6.45, 7) is -0.915. The van der Waals surface area contributed by atoms with Gasteiger partial charge in [-0.15, -0.1) is 0 Å². The van der Waals surface area contributed by atoms with Crippen LogP contribution >= 0.6 is 0 Å². The summed E-state index contributed by atoms with van der Waals surface area (Å²) >= 11 is 0. The maximum Gasteiger partial charge on any atom is 0.305 e. The van der Waals surface area contributed by atoms with Crippen LogP contribution in [0.5, 0.6) is 5.75 Å². The van der Waals surface area contributed by atoms with Gasteiger partial charge >= 0.3 is 5.97 Å². The maximum absolute atomic E-state index is 13.1. The number of aromatic hydroxyl groups is 1. The van der Waals surface area contributed by atoms with E-state index in [0.717, 1.165) is 0 Å². The van der Waals surface area contributed by atoms with E-state index >= 15 is 0 Å². The number of hydrogen-bond donors (Lipinski definition) is 7. The number of fused-ring (bicyclic) bond motifs is 2. The number of benzene rings is 2. The summed E-state index contributed by atoms with van der Waals surface area (Å²) in [7, 11) is 0. The molecule has 0 radical (unpaired) electrons. The molecule has 7 N–H and O–H groups in total. The number of phenols is 1. The normalized spacial score (nSPS) is 19.5. The van der Waals surface area contributed by atoms with Gasteiger partial charge in [-0.1, -0.05) is 24.3 Å². The molecule has 2 aromatic rings. The number of carboxylic acid groups (broad SMARTS) is 1. The Balaban J connectivity index is 1.87. The van der Waals surface area contributed by atoms with Gasteiger partial charge in [-0.2, -0.15) is 0 Å². The SMILES string of the molecule is O=C(O)C[C@@H]1NC(=O)[C@H](Cc2ccc(O)cc2)NC(=O)CNC(=O)c2cccc(c2)CNC(=O)CNC1=O. The molecule has 3 rings (SSSR count). The second-order valence-corrected chi connectivity index (χ2v) is 8.53. The number of carboxylic acids is 1. The van der Waals surface area contributed by atoms with Crippen molar-refractivity contribution >= 4 is 35.5 Å². The molecule has 13 nitrogen and oxygen atoms in total. The molecule has 0 fully saturated rings. The fourth-order valence-electron chi connectivity index (χ4n) is 3.62. The van der Waals surface area contributed by atoms with Crippen molar-refractivity contribution in [3.63, 3.8) is 0 Å². The third-order valence-electron chi connectivity index (χ3n) is 5.55. The van der Waals surface area contributed by atoms with Crippen molar-refractivity contribution in [2.24, 2.45) is 0 Å². The predicted molar refractivity (Wildman–Crippen MR) is 132 cm³/mol. The van der Waals surface area contributed by atoms with Gasteiger partial charge in [0.25, 0.3) is 5.91 Å². The summed E-state index contributed by atoms with van der Waals surface area (Å²) in [5.41, 5.74) is 1.38. The molecule has 38 heavy (non-hydrogen) atoms. The van der Waals surface area contributed by atoms with Crippen molar-refractivity contribution in [3.8, 4) is 5.75 Å². The Kier molecular flexibility index (Phi) is 9.35. The number of nitrogens with one attached hydrogen (secondary N) is 5. The van der Waals surface area contributed by atoms with E-state index < -0.39 is 67.1 Å². The van der Waals surface area contributed by atoms with E-state index in [4.69, 9.17) is 0 Å². The zero-order valence-electron chi connectivity index (χ0n) is 20.2. The Morgan fingerprint density at radius 2 is 1.50 bits per heavy atom. The van der Waals surface area contributed by atoms with E-state index in [2.05, 4.69) is 26.6 Å². The van der Waals surface area contributed by atoms with Gasteiger partial charge in [-0.3, -0.25) is 28.8 Å². The van der Waals surface area contributed by atoms with Crippen LogP contribution in [0, 0.1) is 0 Å². The average Bonchev–Trinajstić information content (AvgIpc) is 2.89. The molecule has 2 bridgehead atoms. The van der Waals surface area contributed by atoms with Crippen molar-refractivity contribution in [1.82, 2.24) is 26.6 Å². The minimum absolute atomic E-state index is 0.0130. The minimum Gasteiger partial charge on any atom is -0.508 e. The summed E-state index contributed by atoms with van der Waals surface area (Å²) < 4.78 is 0. The maximum atomic E-state index is 13.1. The third kappa shape index (κ3) is 8.33. The Morgan fingerprint density at radius 1 is 0.789 bits per heavy atom. The first-order valence-corrected chi connectivity index (χ1v) is 11.6. The van der Waals surface area contributed by atoms with Crippen molar-refractivity contribution in [2.75, 3.05) is 13.1 Å². The van der Waals surface area contributed by atoms with Crippen LogP contribution in [0.3, 0.4) is 0 Å². The van der Waals surface area contributed by atoms with Crippen LogP contribution in [0.4, 0.5) is 0 Å². The van der Waals surface area contributed by atoms with E-state index in [1.54, 1.807) is 12.1 Å². The third-order valence-corrected chi connectivity index (χ3v) is 5.55. The van der Waals surface area contributed by atoms with Crippen molar-refractivity contribution in [1.29, 1.82) is 0 Å². The monoisotopic (exact) mass is 525 g/mol. The molecule has 13 heteroatoms. The topological polar surface area (TPSA) is 203 Å². The van der Waals surface area contributed by atoms with E-state index in [-0.39, 0.29) is 24.3 Å². The van der Waals surface area contributed by atoms with Gasteiger partial charge in [0.15, 0.2) is 0 Å². The van der Waals surface area contributed by atoms with Crippen LogP contribution in [0.25, 0.3) is 0 Å². The molecular formula is C25H27N5O8. The highest BCUT2D eigenvalue weighted by atomic mass is 16.4. The van der Waals surface area contributed by atoms with Crippen molar-refractivity contribution in [3.05, 3.63) is 65.2 Å². The minimum atomic E-state index is -1.54. The van der Waals surface area contributed by atoms with Gasteiger partial charge in [0.2, 0.25) is 23.6 Å². The highest BCUT2D eigenvalue weighted by Crippen LogP contribution is 2.12. The van der Waals surface area contributed by atoms with Crippen molar-refractivity contribution in [2.45, 2.75) is 31.5 Å². The summed E-state index contributed by atoms with van der Waals surface area (Å²) in [6, 6.07) is 9.34. The summed E-state index contributed by atoms with van der Waals surface area (Å²) in [4.78, 5) is 74.5. The Labute approximate surface area is 217 Å². The quantitative estimate of drug-likeness (QED) is 0.251. The molecule has 5 amide bonds. The zero-order chi connectivity index (χ0) is 27.7. The molecule has 2 aromatic carbocycles. The first-order chi connectivity index (χ1) is 18.1. The number of rotatable bonds is 4. The number of phenolic OH excluding ortho intramolecular Hbond substituents is 1. The van der Waals surface area contributed by atoms with Crippen LogP contribution in [-0.2, 0) is 36.9 Å². The highest BCUT2D eigenvalue weighted by molar-refractivity contribution is 5.98. The first-order valence-electron chi connectivity index (χ1n) is 11.6. The molecule has 0 saturated heterocycles. The molecule has 0 aromatic heterocycles. The summed E-state index contributed by atoms with van der Waals surface area (Å²) in [5.74, 6) is -4.99. The van der Waals surface area contributed by atoms with Crippen LogP contribution in [0.1, 0.15) is 27.9 Å². The molecule has 0 unspecified atom stereocenters. The number of hydrogen-bond acceptors (Lipinski definition) is 7. The van der Waals surface area contributed by atoms with Gasteiger partial charge in [0.05, 0.1) is 19.5 Å². The summed E-state index contributed by atoms with van der Waals surface area (Å²) in [6.07, 6.45) is -0.848. The Hall–Kier alpha value is -4.94. The van der Waals surface area contributed by atoms with E-state index in [0.29, 0.717) is 11.1 Å². The number of carbonyl (C=O) groups is 6. The first kappa shape index (κ1) is 27.6. The van der Waals surface area contributed by atoms with Gasteiger partial charge < -0.3 is 36.8 Å². The molecule has 2 atom stereocenters. The lowest BCUT2D eigenvalue weighted by Gasteiger charge is -2.23. The van der Waals surface area contributed by atoms with E-state index in [1.165, 1.54) is 36.4 Å².